The minimum atomic E-state index is -1.58. The van der Waals surface area contributed by atoms with E-state index in [4.69, 9.17) is 5.11 Å². The van der Waals surface area contributed by atoms with Crippen LogP contribution in [0.15, 0.2) is 30.3 Å². The third kappa shape index (κ3) is 7.37. The first kappa shape index (κ1) is 18.2. The first-order valence-electron chi connectivity index (χ1n) is 6.42. The molecule has 0 bridgehead atoms. The molecule has 0 amide bonds. The fraction of sp³-hybridized carbons (Fsp3) is 0.533. The van der Waals surface area contributed by atoms with Crippen LogP contribution < -0.4 is 0 Å². The van der Waals surface area contributed by atoms with Crippen LogP contribution in [0.5, 0.6) is 0 Å². The van der Waals surface area contributed by atoms with Gasteiger partial charge in [0.25, 0.3) is 0 Å². The zero-order valence-corrected chi connectivity index (χ0v) is 13.9. The van der Waals surface area contributed by atoms with Gasteiger partial charge in [0, 0.05) is 0 Å². The summed E-state index contributed by atoms with van der Waals surface area (Å²) in [7, 11) is 0. The van der Waals surface area contributed by atoms with Crippen molar-refractivity contribution in [1.29, 1.82) is 0 Å². The van der Waals surface area contributed by atoms with Gasteiger partial charge in [0.1, 0.15) is 0 Å². The molecule has 0 unspecified atom stereocenters. The molecular weight excluding hydrogens is 255 g/mol. The SMILES string of the molecule is C[C](C)(C)[Al]([OH])[C](C)(C)C.O=C(O)c1ccccc1. The van der Waals surface area contributed by atoms with Crippen molar-refractivity contribution in [3.8, 4) is 0 Å². The van der Waals surface area contributed by atoms with Crippen molar-refractivity contribution in [1.82, 2.24) is 0 Å². The summed E-state index contributed by atoms with van der Waals surface area (Å²) in [6.07, 6.45) is 0. The van der Waals surface area contributed by atoms with Gasteiger partial charge >= 0.3 is 20.5 Å². The van der Waals surface area contributed by atoms with Gasteiger partial charge in [-0.25, -0.2) is 4.79 Å². The van der Waals surface area contributed by atoms with E-state index in [1.807, 2.05) is 0 Å². The number of hydrogen-bond acceptors (Lipinski definition) is 2. The highest BCUT2D eigenvalue weighted by Crippen LogP contribution is 2.39. The normalized spacial score (nSPS) is 11.3. The number of aromatic carboxylic acids is 1. The summed E-state index contributed by atoms with van der Waals surface area (Å²) in [5, 5.41) is 8.38. The van der Waals surface area contributed by atoms with Crippen LogP contribution in [-0.2, 0) is 0 Å². The van der Waals surface area contributed by atoms with Crippen molar-refractivity contribution in [2.45, 2.75) is 50.1 Å². The summed E-state index contributed by atoms with van der Waals surface area (Å²) >= 11 is -1.58. The lowest BCUT2D eigenvalue weighted by Gasteiger charge is -2.30. The van der Waals surface area contributed by atoms with Gasteiger partial charge in [-0.2, -0.15) is 0 Å². The van der Waals surface area contributed by atoms with Gasteiger partial charge in [-0.1, -0.05) is 68.3 Å². The highest BCUT2D eigenvalue weighted by Gasteiger charge is 2.41. The van der Waals surface area contributed by atoms with Crippen LogP contribution in [0.2, 0.25) is 8.55 Å². The highest BCUT2D eigenvalue weighted by atomic mass is 27.2. The monoisotopic (exact) mass is 280 g/mol. The maximum absolute atomic E-state index is 10.2. The molecule has 1 aromatic rings. The molecule has 0 aliphatic carbocycles. The van der Waals surface area contributed by atoms with Crippen LogP contribution in [-0.4, -0.2) is 29.7 Å². The summed E-state index contributed by atoms with van der Waals surface area (Å²) in [6.45, 7) is 12.7. The molecule has 1 aromatic carbocycles. The second-order valence-electron chi connectivity index (χ2n) is 6.81. The van der Waals surface area contributed by atoms with Crippen LogP contribution in [0.1, 0.15) is 51.9 Å². The number of rotatable bonds is 1. The van der Waals surface area contributed by atoms with Crippen molar-refractivity contribution >= 4 is 20.5 Å². The predicted octanol–water partition coefficient (Wildman–Crippen LogP) is 3.96. The molecule has 0 radical (unpaired) electrons. The topological polar surface area (TPSA) is 57.5 Å². The lowest BCUT2D eigenvalue weighted by atomic mass is 10.2. The number of carboxylic acid groups (broad SMARTS) is 1. The van der Waals surface area contributed by atoms with Crippen molar-refractivity contribution in [2.24, 2.45) is 0 Å². The number of carboxylic acids is 1. The molecule has 0 aliphatic heterocycles. The molecule has 2 N–H and O–H groups in total. The molecule has 0 heterocycles. The zero-order chi connectivity index (χ0) is 15.3. The minimum absolute atomic E-state index is 0.137. The molecule has 0 saturated carbocycles. The Hall–Kier alpha value is -0.818. The van der Waals surface area contributed by atoms with E-state index in [0.29, 0.717) is 5.56 Å². The van der Waals surface area contributed by atoms with Crippen LogP contribution >= 0.6 is 0 Å². The van der Waals surface area contributed by atoms with Crippen molar-refractivity contribution in [2.75, 3.05) is 0 Å². The lowest BCUT2D eigenvalue weighted by molar-refractivity contribution is 0.0697. The maximum atomic E-state index is 10.2. The Morgan fingerprint density at radius 2 is 1.32 bits per heavy atom. The first-order valence-corrected chi connectivity index (χ1v) is 8.10. The van der Waals surface area contributed by atoms with Crippen LogP contribution in [0.25, 0.3) is 0 Å². The van der Waals surface area contributed by atoms with E-state index >= 15 is 0 Å². The summed E-state index contributed by atoms with van der Waals surface area (Å²) in [6, 6.07) is 8.30. The summed E-state index contributed by atoms with van der Waals surface area (Å²) in [4.78, 5) is 10.2. The Bertz CT molecular complexity index is 374. The van der Waals surface area contributed by atoms with Gasteiger partial charge in [0.05, 0.1) is 5.56 Å². The predicted molar refractivity (Wildman–Crippen MR) is 80.8 cm³/mol. The Labute approximate surface area is 121 Å². The molecular formula is C15H25AlO3. The Morgan fingerprint density at radius 1 is 0.947 bits per heavy atom. The third-order valence-corrected chi connectivity index (χ3v) is 5.94. The minimum Gasteiger partial charge on any atom is -0.515 e. The second-order valence-corrected chi connectivity index (χ2v) is 11.1. The molecule has 0 aromatic heterocycles. The Kier molecular flexibility index (Phi) is 6.79. The molecule has 3 nitrogen and oxygen atoms in total. The van der Waals surface area contributed by atoms with E-state index in [-0.39, 0.29) is 8.55 Å². The largest absolute Gasteiger partial charge is 0.515 e. The molecule has 0 aliphatic rings. The lowest BCUT2D eigenvalue weighted by Crippen LogP contribution is -2.34. The van der Waals surface area contributed by atoms with Crippen molar-refractivity contribution < 1.29 is 14.1 Å². The van der Waals surface area contributed by atoms with Crippen molar-refractivity contribution in [3.05, 3.63) is 35.9 Å². The van der Waals surface area contributed by atoms with Gasteiger partial charge in [0.15, 0.2) is 0 Å². The fourth-order valence-electron chi connectivity index (χ4n) is 1.88. The quantitative estimate of drug-likeness (QED) is 0.766. The summed E-state index contributed by atoms with van der Waals surface area (Å²) in [5.74, 6) is -0.879. The second kappa shape index (κ2) is 7.10. The van der Waals surface area contributed by atoms with Gasteiger partial charge in [0.2, 0.25) is 0 Å². The number of benzene rings is 1. The molecule has 0 fully saturated rings. The van der Waals surface area contributed by atoms with Gasteiger partial charge in [-0.3, -0.25) is 0 Å². The summed E-state index contributed by atoms with van der Waals surface area (Å²) < 4.78 is 10.1. The van der Waals surface area contributed by atoms with Crippen molar-refractivity contribution in [3.63, 3.8) is 0 Å². The third-order valence-electron chi connectivity index (χ3n) is 2.66. The standard InChI is InChI=1S/C7H6O2.2C4H9.Al.H2O/c8-7(9)6-4-2-1-3-5-6;2*1-4(2)3;;/h1-5H,(H,8,9);2*1-3H3;;1H2/q;;;+1;/p-1. The Balaban J connectivity index is 0.000000342. The van der Waals surface area contributed by atoms with E-state index in [9.17, 15) is 8.95 Å². The van der Waals surface area contributed by atoms with E-state index in [1.54, 1.807) is 30.3 Å². The fourth-order valence-corrected chi connectivity index (χ4v) is 4.48. The van der Waals surface area contributed by atoms with E-state index in [2.05, 4.69) is 41.5 Å². The maximum Gasteiger partial charge on any atom is 0.470 e. The van der Waals surface area contributed by atoms with Gasteiger partial charge in [-0.05, 0) is 12.1 Å². The van der Waals surface area contributed by atoms with Crippen LogP contribution in [0, 0.1) is 0 Å². The van der Waals surface area contributed by atoms with Crippen LogP contribution in [0.3, 0.4) is 0 Å². The van der Waals surface area contributed by atoms with E-state index < -0.39 is 20.5 Å². The zero-order valence-electron chi connectivity index (χ0n) is 12.8. The van der Waals surface area contributed by atoms with E-state index in [1.165, 1.54) is 0 Å². The molecule has 0 atom stereocenters. The summed E-state index contributed by atoms with van der Waals surface area (Å²) in [5.41, 5.74) is 0.331. The smallest absolute Gasteiger partial charge is 0.470 e. The van der Waals surface area contributed by atoms with Gasteiger partial charge < -0.3 is 9.26 Å². The molecule has 19 heavy (non-hydrogen) atoms. The average molecular weight is 280 g/mol. The highest BCUT2D eigenvalue weighted by molar-refractivity contribution is 6.57. The average Bonchev–Trinajstić information content (AvgIpc) is 2.27. The molecule has 0 saturated heterocycles. The number of carbonyl (C=O) groups is 1. The molecule has 0 spiro atoms. The Morgan fingerprint density at radius 3 is 1.47 bits per heavy atom. The molecule has 106 valence electrons. The molecule has 1 rings (SSSR count). The first-order chi connectivity index (χ1) is 8.46. The number of hydrogen-bond donors (Lipinski definition) is 2. The van der Waals surface area contributed by atoms with E-state index in [0.717, 1.165) is 0 Å². The molecule has 4 heteroatoms. The van der Waals surface area contributed by atoms with Gasteiger partial charge in [-0.15, -0.1) is 0 Å². The van der Waals surface area contributed by atoms with Crippen LogP contribution in [0.4, 0.5) is 0 Å².